The van der Waals surface area contributed by atoms with Crippen LogP contribution < -0.4 is 16.0 Å². The van der Waals surface area contributed by atoms with E-state index in [0.29, 0.717) is 25.5 Å². The number of carbonyl (C=O) groups is 2. The fourth-order valence-electron chi connectivity index (χ4n) is 2.83. The molecule has 0 aliphatic carbocycles. The van der Waals surface area contributed by atoms with Gasteiger partial charge in [0, 0.05) is 42.8 Å². The van der Waals surface area contributed by atoms with Crippen molar-refractivity contribution in [2.24, 2.45) is 4.99 Å². The van der Waals surface area contributed by atoms with E-state index in [9.17, 15) is 9.59 Å². The topological polar surface area (TPSA) is 85.8 Å². The molecule has 0 radical (unpaired) electrons. The van der Waals surface area contributed by atoms with E-state index >= 15 is 0 Å². The lowest BCUT2D eigenvalue weighted by Crippen LogP contribution is -2.40. The van der Waals surface area contributed by atoms with E-state index in [1.165, 1.54) is 0 Å². The molecule has 156 valence electrons. The first-order chi connectivity index (χ1) is 13.0. The summed E-state index contributed by atoms with van der Waals surface area (Å²) in [5.74, 6) is 0.530. The van der Waals surface area contributed by atoms with E-state index in [1.807, 2.05) is 36.9 Å². The molecule has 9 heteroatoms. The molecule has 0 atom stereocenters. The third-order valence-electron chi connectivity index (χ3n) is 4.28. The van der Waals surface area contributed by atoms with Gasteiger partial charge in [-0.05, 0) is 50.5 Å². The van der Waals surface area contributed by atoms with Crippen LogP contribution in [-0.2, 0) is 9.59 Å². The van der Waals surface area contributed by atoms with Crippen LogP contribution in [0.1, 0.15) is 31.7 Å². The van der Waals surface area contributed by atoms with E-state index in [4.69, 9.17) is 0 Å². The van der Waals surface area contributed by atoms with Gasteiger partial charge < -0.3 is 20.9 Å². The zero-order chi connectivity index (χ0) is 19.6. The predicted octanol–water partition coefficient (Wildman–Crippen LogP) is 2.88. The standard InChI is InChI=1S/C19H28BrN5O2.HI/c1-3-21-19(23-13-18(27)25-10-4-5-11-25)22-9-8-17(26)24-16-7-6-15(20)12-14(16)2;/h6-7,12H,3-5,8-11,13H2,1-2H3,(H,24,26)(H2,21,22,23);1H. The molecule has 1 fully saturated rings. The zero-order valence-electron chi connectivity index (χ0n) is 16.4. The highest BCUT2D eigenvalue weighted by Gasteiger charge is 2.17. The Morgan fingerprint density at radius 2 is 1.93 bits per heavy atom. The van der Waals surface area contributed by atoms with Gasteiger partial charge in [-0.15, -0.1) is 24.0 Å². The number of halogens is 2. The maximum atomic E-state index is 12.1. The van der Waals surface area contributed by atoms with Gasteiger partial charge in [-0.2, -0.15) is 0 Å². The van der Waals surface area contributed by atoms with E-state index < -0.39 is 0 Å². The third kappa shape index (κ3) is 8.34. The summed E-state index contributed by atoms with van der Waals surface area (Å²) in [5, 5.41) is 9.12. The van der Waals surface area contributed by atoms with Crippen molar-refractivity contribution in [2.75, 3.05) is 38.0 Å². The van der Waals surface area contributed by atoms with Crippen LogP contribution in [0, 0.1) is 6.92 Å². The lowest BCUT2D eigenvalue weighted by Gasteiger charge is -2.15. The van der Waals surface area contributed by atoms with Gasteiger partial charge in [0.1, 0.15) is 6.54 Å². The molecule has 0 bridgehead atoms. The Kier molecular flexibility index (Phi) is 11.4. The molecule has 0 spiro atoms. The van der Waals surface area contributed by atoms with Crippen molar-refractivity contribution in [2.45, 2.75) is 33.1 Å². The van der Waals surface area contributed by atoms with Crippen LogP contribution in [0.2, 0.25) is 0 Å². The Morgan fingerprint density at radius 3 is 2.57 bits per heavy atom. The number of rotatable bonds is 7. The summed E-state index contributed by atoms with van der Waals surface area (Å²) in [6, 6.07) is 5.73. The van der Waals surface area contributed by atoms with Crippen molar-refractivity contribution in [3.8, 4) is 0 Å². The van der Waals surface area contributed by atoms with Gasteiger partial charge in [0.25, 0.3) is 0 Å². The molecule has 7 nitrogen and oxygen atoms in total. The van der Waals surface area contributed by atoms with E-state index in [2.05, 4.69) is 36.9 Å². The lowest BCUT2D eigenvalue weighted by molar-refractivity contribution is -0.128. The SMILES string of the molecule is CCNC(=NCC(=O)N1CCCC1)NCCC(=O)Nc1ccc(Br)cc1C.I. The molecule has 2 rings (SSSR count). The van der Waals surface area contributed by atoms with Crippen molar-refractivity contribution >= 4 is 63.4 Å². The van der Waals surface area contributed by atoms with Crippen LogP contribution in [0.15, 0.2) is 27.7 Å². The van der Waals surface area contributed by atoms with Crippen LogP contribution in [0.3, 0.4) is 0 Å². The van der Waals surface area contributed by atoms with Crippen molar-refractivity contribution in [3.63, 3.8) is 0 Å². The maximum Gasteiger partial charge on any atom is 0.244 e. The number of guanidine groups is 1. The molecule has 2 amide bonds. The summed E-state index contributed by atoms with van der Waals surface area (Å²) < 4.78 is 0.981. The summed E-state index contributed by atoms with van der Waals surface area (Å²) in [6.45, 7) is 6.81. The summed E-state index contributed by atoms with van der Waals surface area (Å²) in [4.78, 5) is 30.4. The highest BCUT2D eigenvalue weighted by Crippen LogP contribution is 2.20. The molecule has 1 aromatic rings. The number of carbonyl (C=O) groups excluding carboxylic acids is 2. The van der Waals surface area contributed by atoms with Crippen molar-refractivity contribution in [1.82, 2.24) is 15.5 Å². The Bertz CT molecular complexity index is 693. The predicted molar refractivity (Wildman–Crippen MR) is 127 cm³/mol. The highest BCUT2D eigenvalue weighted by atomic mass is 127. The zero-order valence-corrected chi connectivity index (χ0v) is 20.3. The van der Waals surface area contributed by atoms with Gasteiger partial charge in [-0.25, -0.2) is 4.99 Å². The minimum atomic E-state index is -0.0723. The van der Waals surface area contributed by atoms with Gasteiger partial charge in [-0.3, -0.25) is 9.59 Å². The smallest absolute Gasteiger partial charge is 0.244 e. The van der Waals surface area contributed by atoms with Crippen LogP contribution in [-0.4, -0.2) is 55.4 Å². The van der Waals surface area contributed by atoms with Gasteiger partial charge >= 0.3 is 0 Å². The van der Waals surface area contributed by atoms with E-state index in [0.717, 1.165) is 41.7 Å². The van der Waals surface area contributed by atoms with Crippen LogP contribution >= 0.6 is 39.9 Å². The fraction of sp³-hybridized carbons (Fsp3) is 0.526. The molecule has 0 saturated carbocycles. The van der Waals surface area contributed by atoms with E-state index in [1.54, 1.807) is 0 Å². The summed E-state index contributed by atoms with van der Waals surface area (Å²) >= 11 is 3.41. The molecule has 0 unspecified atom stereocenters. The number of hydrogen-bond donors (Lipinski definition) is 3. The number of hydrogen-bond acceptors (Lipinski definition) is 3. The average Bonchev–Trinajstić information content (AvgIpc) is 3.16. The molecule has 1 saturated heterocycles. The minimum Gasteiger partial charge on any atom is -0.357 e. The molecule has 28 heavy (non-hydrogen) atoms. The number of aryl methyl sites for hydroxylation is 1. The number of anilines is 1. The minimum absolute atomic E-state index is 0. The maximum absolute atomic E-state index is 12.1. The quantitative estimate of drug-likeness (QED) is 0.270. The van der Waals surface area contributed by atoms with Crippen LogP contribution in [0.25, 0.3) is 0 Å². The summed E-state index contributed by atoms with van der Waals surface area (Å²) in [5.41, 5.74) is 1.81. The normalized spacial score (nSPS) is 13.7. The van der Waals surface area contributed by atoms with Gasteiger partial charge in [0.2, 0.25) is 11.8 Å². The van der Waals surface area contributed by atoms with Crippen LogP contribution in [0.4, 0.5) is 5.69 Å². The summed E-state index contributed by atoms with van der Waals surface area (Å²) in [6.07, 6.45) is 2.45. The van der Waals surface area contributed by atoms with Gasteiger partial charge in [0.15, 0.2) is 5.96 Å². The molecular formula is C19H29BrIN5O2. The largest absolute Gasteiger partial charge is 0.357 e. The number of nitrogens with one attached hydrogen (secondary N) is 3. The Morgan fingerprint density at radius 1 is 1.21 bits per heavy atom. The number of aliphatic imine (C=N–C) groups is 1. The second-order valence-electron chi connectivity index (χ2n) is 6.47. The van der Waals surface area contributed by atoms with Gasteiger partial charge in [0.05, 0.1) is 0 Å². The first kappa shape index (κ1) is 24.7. The Balaban J connectivity index is 0.00000392. The van der Waals surface area contributed by atoms with Crippen molar-refractivity contribution in [1.29, 1.82) is 0 Å². The molecule has 0 aromatic heterocycles. The second-order valence-corrected chi connectivity index (χ2v) is 7.38. The molecular weight excluding hydrogens is 537 g/mol. The fourth-order valence-corrected chi connectivity index (χ4v) is 3.30. The number of nitrogens with zero attached hydrogens (tertiary/aromatic N) is 2. The Hall–Kier alpha value is -1.36. The third-order valence-corrected chi connectivity index (χ3v) is 4.78. The van der Waals surface area contributed by atoms with Gasteiger partial charge in [-0.1, -0.05) is 15.9 Å². The number of benzene rings is 1. The monoisotopic (exact) mass is 565 g/mol. The van der Waals surface area contributed by atoms with Crippen molar-refractivity contribution < 1.29 is 9.59 Å². The summed E-state index contributed by atoms with van der Waals surface area (Å²) in [7, 11) is 0. The first-order valence-corrected chi connectivity index (χ1v) is 10.1. The second kappa shape index (κ2) is 13.0. The lowest BCUT2D eigenvalue weighted by atomic mass is 10.2. The average molecular weight is 566 g/mol. The first-order valence-electron chi connectivity index (χ1n) is 9.35. The Labute approximate surface area is 192 Å². The molecule has 1 aliphatic heterocycles. The molecule has 1 heterocycles. The number of amides is 2. The van der Waals surface area contributed by atoms with Crippen LogP contribution in [0.5, 0.6) is 0 Å². The van der Waals surface area contributed by atoms with E-state index in [-0.39, 0.29) is 42.3 Å². The molecule has 1 aliphatic rings. The van der Waals surface area contributed by atoms with Crippen molar-refractivity contribution in [3.05, 3.63) is 28.2 Å². The highest BCUT2D eigenvalue weighted by molar-refractivity contribution is 14.0. The molecule has 1 aromatic carbocycles. The number of likely N-dealkylation sites (tertiary alicyclic amines) is 1. The molecule has 3 N–H and O–H groups in total.